The molecule has 1 aliphatic carbocycles. The van der Waals surface area contributed by atoms with Crippen LogP contribution in [0.15, 0.2) is 18.2 Å². The molecule has 1 aromatic rings. The van der Waals surface area contributed by atoms with Gasteiger partial charge < -0.3 is 19.5 Å². The van der Waals surface area contributed by atoms with Crippen LogP contribution < -0.4 is 14.8 Å². The molecule has 31 heavy (non-hydrogen) atoms. The van der Waals surface area contributed by atoms with Gasteiger partial charge in [-0.3, -0.25) is 9.59 Å². The first kappa shape index (κ1) is 24.8. The molecule has 2 atom stereocenters. The Hall–Kier alpha value is -2.45. The van der Waals surface area contributed by atoms with E-state index in [9.17, 15) is 22.8 Å². The Balaban J connectivity index is 1.91. The fourth-order valence-electron chi connectivity index (χ4n) is 3.70. The third-order valence-corrected chi connectivity index (χ3v) is 5.10. The van der Waals surface area contributed by atoms with Crippen LogP contribution in [-0.2, 0) is 20.7 Å². The quantitative estimate of drug-likeness (QED) is 0.550. The van der Waals surface area contributed by atoms with Crippen molar-refractivity contribution in [2.45, 2.75) is 52.1 Å². The lowest BCUT2D eigenvalue weighted by Crippen LogP contribution is -2.41. The summed E-state index contributed by atoms with van der Waals surface area (Å²) in [5.41, 5.74) is 0.942. The number of nitrogens with one attached hydrogen (secondary N) is 1. The summed E-state index contributed by atoms with van der Waals surface area (Å²) in [6.07, 6.45) is -1.81. The third kappa shape index (κ3) is 7.95. The summed E-state index contributed by atoms with van der Waals surface area (Å²) < 4.78 is 52.5. The van der Waals surface area contributed by atoms with Gasteiger partial charge in [0.2, 0.25) is 5.91 Å². The molecule has 9 heteroatoms. The van der Waals surface area contributed by atoms with Crippen LogP contribution in [0, 0.1) is 11.8 Å². The normalized spacial score (nSPS) is 18.9. The number of benzene rings is 1. The first-order chi connectivity index (χ1) is 14.7. The predicted octanol–water partition coefficient (Wildman–Crippen LogP) is 4.05. The lowest BCUT2D eigenvalue weighted by atomic mass is 9.78. The number of alkyl halides is 3. The molecular formula is C22H30F3NO5. The highest BCUT2D eigenvalue weighted by Gasteiger charge is 2.38. The number of rotatable bonds is 10. The van der Waals surface area contributed by atoms with Gasteiger partial charge in [0.15, 0.2) is 18.1 Å². The molecule has 0 radical (unpaired) electrons. The van der Waals surface area contributed by atoms with Gasteiger partial charge in [-0.25, -0.2) is 0 Å². The van der Waals surface area contributed by atoms with E-state index in [-0.39, 0.29) is 5.91 Å². The average molecular weight is 445 g/mol. The van der Waals surface area contributed by atoms with Crippen LogP contribution in [0.1, 0.15) is 45.1 Å². The zero-order valence-corrected chi connectivity index (χ0v) is 17.9. The van der Waals surface area contributed by atoms with Crippen molar-refractivity contribution in [3.63, 3.8) is 0 Å². The lowest BCUT2D eigenvalue weighted by Gasteiger charge is -2.29. The molecule has 0 unspecified atom stereocenters. The van der Waals surface area contributed by atoms with Gasteiger partial charge in [-0.15, -0.1) is 0 Å². The molecule has 0 saturated heterocycles. The standard InChI is InChI=1S/C22H30F3NO5/c1-3-29-18-10-9-15(13-19(18)30-4-2)11-12-26-20(27)16-7-5-6-8-17(16)21(28)31-14-22(23,24)25/h9-10,13,16-17H,3-8,11-12,14H2,1-2H3,(H,26,27)/t16-,17-/m0/s1. The average Bonchev–Trinajstić information content (AvgIpc) is 2.73. The second-order valence-electron chi connectivity index (χ2n) is 7.41. The van der Waals surface area contributed by atoms with E-state index >= 15 is 0 Å². The van der Waals surface area contributed by atoms with E-state index in [1.807, 2.05) is 32.0 Å². The molecule has 2 rings (SSSR count). The molecule has 1 aromatic carbocycles. The van der Waals surface area contributed by atoms with Gasteiger partial charge in [-0.1, -0.05) is 18.9 Å². The Morgan fingerprint density at radius 3 is 2.32 bits per heavy atom. The van der Waals surface area contributed by atoms with Crippen molar-refractivity contribution in [3.05, 3.63) is 23.8 Å². The van der Waals surface area contributed by atoms with Crippen molar-refractivity contribution in [2.24, 2.45) is 11.8 Å². The summed E-state index contributed by atoms with van der Waals surface area (Å²) in [6.45, 7) is 3.48. The highest BCUT2D eigenvalue weighted by atomic mass is 19.4. The van der Waals surface area contributed by atoms with E-state index in [4.69, 9.17) is 9.47 Å². The monoisotopic (exact) mass is 445 g/mol. The van der Waals surface area contributed by atoms with Crippen LogP contribution in [0.4, 0.5) is 13.2 Å². The Labute approximate surface area is 180 Å². The molecular weight excluding hydrogens is 415 g/mol. The predicted molar refractivity (Wildman–Crippen MR) is 108 cm³/mol. The number of halogens is 3. The Kier molecular flexibility index (Phi) is 9.45. The van der Waals surface area contributed by atoms with Gasteiger partial charge in [0.1, 0.15) is 0 Å². The highest BCUT2D eigenvalue weighted by molar-refractivity contribution is 5.85. The molecule has 1 saturated carbocycles. The van der Waals surface area contributed by atoms with Crippen LogP contribution in [-0.4, -0.2) is 44.4 Å². The Bertz CT molecular complexity index is 738. The van der Waals surface area contributed by atoms with E-state index in [1.54, 1.807) is 0 Å². The molecule has 174 valence electrons. The summed E-state index contributed by atoms with van der Waals surface area (Å²) in [5.74, 6) is -1.51. The molecule has 1 amide bonds. The van der Waals surface area contributed by atoms with Crippen molar-refractivity contribution >= 4 is 11.9 Å². The first-order valence-corrected chi connectivity index (χ1v) is 10.6. The maximum atomic E-state index is 12.6. The molecule has 0 bridgehead atoms. The number of hydrogen-bond acceptors (Lipinski definition) is 5. The molecule has 6 nitrogen and oxygen atoms in total. The molecule has 1 fully saturated rings. The summed E-state index contributed by atoms with van der Waals surface area (Å²) in [6, 6.07) is 5.57. The van der Waals surface area contributed by atoms with E-state index < -0.39 is 30.6 Å². The number of amides is 1. The molecule has 1 aliphatic rings. The highest BCUT2D eigenvalue weighted by Crippen LogP contribution is 2.32. The van der Waals surface area contributed by atoms with Crippen molar-refractivity contribution in [3.8, 4) is 11.5 Å². The third-order valence-electron chi connectivity index (χ3n) is 5.10. The maximum absolute atomic E-state index is 12.6. The van der Waals surface area contributed by atoms with Gasteiger partial charge in [-0.2, -0.15) is 13.2 Å². The molecule has 0 aromatic heterocycles. The zero-order chi connectivity index (χ0) is 22.9. The van der Waals surface area contributed by atoms with Crippen molar-refractivity contribution < 1.29 is 37.0 Å². The van der Waals surface area contributed by atoms with Crippen molar-refractivity contribution in [2.75, 3.05) is 26.4 Å². The zero-order valence-electron chi connectivity index (χ0n) is 17.9. The summed E-state index contributed by atoms with van der Waals surface area (Å²) in [7, 11) is 0. The molecule has 0 heterocycles. The van der Waals surface area contributed by atoms with E-state index in [0.29, 0.717) is 56.9 Å². The fourth-order valence-corrected chi connectivity index (χ4v) is 3.70. The van der Waals surface area contributed by atoms with Crippen molar-refractivity contribution in [1.29, 1.82) is 0 Å². The number of hydrogen-bond donors (Lipinski definition) is 1. The molecule has 0 spiro atoms. The van der Waals surface area contributed by atoms with E-state index in [0.717, 1.165) is 12.0 Å². The lowest BCUT2D eigenvalue weighted by molar-refractivity contribution is -0.191. The fraction of sp³-hybridized carbons (Fsp3) is 0.636. The van der Waals surface area contributed by atoms with Crippen LogP contribution in [0.3, 0.4) is 0 Å². The van der Waals surface area contributed by atoms with Gasteiger partial charge >= 0.3 is 12.1 Å². The minimum absolute atomic E-state index is 0.329. The Morgan fingerprint density at radius 1 is 1.03 bits per heavy atom. The van der Waals surface area contributed by atoms with Gasteiger partial charge in [0.05, 0.1) is 25.0 Å². The van der Waals surface area contributed by atoms with Crippen LogP contribution >= 0.6 is 0 Å². The number of esters is 1. The topological polar surface area (TPSA) is 73.9 Å². The number of carbonyl (C=O) groups is 2. The smallest absolute Gasteiger partial charge is 0.422 e. The summed E-state index contributed by atoms with van der Waals surface area (Å²) in [5, 5.41) is 2.81. The Morgan fingerprint density at radius 2 is 1.68 bits per heavy atom. The second kappa shape index (κ2) is 11.8. The minimum atomic E-state index is -4.58. The molecule has 1 N–H and O–H groups in total. The summed E-state index contributed by atoms with van der Waals surface area (Å²) >= 11 is 0. The first-order valence-electron chi connectivity index (χ1n) is 10.6. The second-order valence-corrected chi connectivity index (χ2v) is 7.41. The SMILES string of the molecule is CCOc1ccc(CCNC(=O)[C@H]2CCCC[C@@H]2C(=O)OCC(F)(F)F)cc1OCC. The minimum Gasteiger partial charge on any atom is -0.490 e. The van der Waals surface area contributed by atoms with E-state index in [2.05, 4.69) is 10.1 Å². The van der Waals surface area contributed by atoms with Gasteiger partial charge in [0.25, 0.3) is 0 Å². The van der Waals surface area contributed by atoms with Crippen LogP contribution in [0.5, 0.6) is 11.5 Å². The maximum Gasteiger partial charge on any atom is 0.422 e. The van der Waals surface area contributed by atoms with E-state index in [1.165, 1.54) is 0 Å². The van der Waals surface area contributed by atoms with Gasteiger partial charge in [-0.05, 0) is 50.8 Å². The van der Waals surface area contributed by atoms with Gasteiger partial charge in [0, 0.05) is 6.54 Å². The van der Waals surface area contributed by atoms with Crippen molar-refractivity contribution in [1.82, 2.24) is 5.32 Å². The largest absolute Gasteiger partial charge is 0.490 e. The molecule has 0 aliphatic heterocycles. The summed E-state index contributed by atoms with van der Waals surface area (Å²) in [4.78, 5) is 24.7. The van der Waals surface area contributed by atoms with Crippen LogP contribution in [0.2, 0.25) is 0 Å². The number of carbonyl (C=O) groups excluding carboxylic acids is 2. The number of ether oxygens (including phenoxy) is 3. The van der Waals surface area contributed by atoms with Crippen LogP contribution in [0.25, 0.3) is 0 Å².